The normalized spacial score (nSPS) is 28.0. The first-order valence-electron chi connectivity index (χ1n) is 8.15. The first-order valence-corrected chi connectivity index (χ1v) is 8.53. The maximum Gasteiger partial charge on any atom is 0.317 e. The number of halogens is 2. The van der Waals surface area contributed by atoms with Crippen LogP contribution in [0.3, 0.4) is 0 Å². The van der Waals surface area contributed by atoms with Crippen molar-refractivity contribution in [2.45, 2.75) is 43.6 Å². The predicted molar refractivity (Wildman–Crippen MR) is 96.4 cm³/mol. The lowest BCUT2D eigenvalue weighted by molar-refractivity contribution is 0.124. The summed E-state index contributed by atoms with van der Waals surface area (Å²) in [4.78, 5) is 14.0. The Morgan fingerprint density at radius 3 is 2.70 bits per heavy atom. The number of carbonyl (C=O) groups is 1. The maximum absolute atomic E-state index is 12.0. The second-order valence-corrected chi connectivity index (χ2v) is 6.94. The highest BCUT2D eigenvalue weighted by atomic mass is 35.5. The van der Waals surface area contributed by atoms with Crippen LogP contribution in [0.25, 0.3) is 0 Å². The van der Waals surface area contributed by atoms with Gasteiger partial charge in [-0.2, -0.15) is 0 Å². The fraction of sp³-hybridized carbons (Fsp3) is 0.588. The number of carbonyl (C=O) groups excluding carboxylic acids is 1. The number of hydrogen-bond donors (Lipinski definition) is 2. The molecule has 0 spiro atoms. The third-order valence-electron chi connectivity index (χ3n) is 5.29. The molecule has 128 valence electrons. The van der Waals surface area contributed by atoms with Gasteiger partial charge in [-0.05, 0) is 49.8 Å². The lowest BCUT2D eigenvalue weighted by Crippen LogP contribution is -2.53. The van der Waals surface area contributed by atoms with Gasteiger partial charge in [0.1, 0.15) is 0 Å². The van der Waals surface area contributed by atoms with Gasteiger partial charge >= 0.3 is 6.03 Å². The number of amides is 2. The van der Waals surface area contributed by atoms with Gasteiger partial charge in [-0.15, -0.1) is 12.4 Å². The standard InChI is InChI=1S/C17H24ClN3O.ClH/c18-14-4-1-3-13(11-14)17(12-19)7-5-15(6-8-17)21-10-2-9-20-16(21)22;/h1,3-4,11,15H,2,5-10,12,19H2,(H,20,22);1H/t15-,17-;. The number of nitrogens with zero attached hydrogens (tertiary/aromatic N) is 1. The van der Waals surface area contributed by atoms with E-state index < -0.39 is 0 Å². The molecule has 6 heteroatoms. The van der Waals surface area contributed by atoms with Crippen LogP contribution in [-0.2, 0) is 5.41 Å². The van der Waals surface area contributed by atoms with Crippen LogP contribution in [0.4, 0.5) is 4.79 Å². The lowest BCUT2D eigenvalue weighted by atomic mass is 9.68. The van der Waals surface area contributed by atoms with Gasteiger partial charge < -0.3 is 16.0 Å². The van der Waals surface area contributed by atoms with E-state index in [4.69, 9.17) is 17.3 Å². The number of rotatable bonds is 3. The Hall–Kier alpha value is -0.970. The zero-order chi connectivity index (χ0) is 15.6. The molecule has 2 aliphatic rings. The molecule has 23 heavy (non-hydrogen) atoms. The maximum atomic E-state index is 12.0. The minimum atomic E-state index is 0. The molecule has 3 N–H and O–H groups in total. The first-order chi connectivity index (χ1) is 10.6. The van der Waals surface area contributed by atoms with Crippen LogP contribution < -0.4 is 11.1 Å². The zero-order valence-electron chi connectivity index (χ0n) is 13.3. The van der Waals surface area contributed by atoms with Crippen molar-refractivity contribution in [3.63, 3.8) is 0 Å². The summed E-state index contributed by atoms with van der Waals surface area (Å²) < 4.78 is 0. The van der Waals surface area contributed by atoms with Crippen LogP contribution in [0.15, 0.2) is 24.3 Å². The van der Waals surface area contributed by atoms with E-state index in [1.165, 1.54) is 5.56 Å². The fourth-order valence-electron chi connectivity index (χ4n) is 3.89. The minimum absolute atomic E-state index is 0. The Morgan fingerprint density at radius 1 is 1.35 bits per heavy atom. The van der Waals surface area contributed by atoms with E-state index in [-0.39, 0.29) is 23.9 Å². The van der Waals surface area contributed by atoms with E-state index in [1.54, 1.807) is 0 Å². The van der Waals surface area contributed by atoms with Crippen molar-refractivity contribution in [3.05, 3.63) is 34.9 Å². The Labute approximate surface area is 149 Å². The third kappa shape index (κ3) is 3.76. The number of urea groups is 1. The molecule has 1 aromatic carbocycles. The third-order valence-corrected chi connectivity index (χ3v) is 5.53. The Kier molecular flexibility index (Phi) is 6.18. The van der Waals surface area contributed by atoms with Crippen LogP contribution in [0.1, 0.15) is 37.7 Å². The van der Waals surface area contributed by atoms with Crippen molar-refractivity contribution in [3.8, 4) is 0 Å². The van der Waals surface area contributed by atoms with Crippen LogP contribution in [0, 0.1) is 0 Å². The minimum Gasteiger partial charge on any atom is -0.338 e. The summed E-state index contributed by atoms with van der Waals surface area (Å²) in [5.74, 6) is 0. The predicted octanol–water partition coefficient (Wildman–Crippen LogP) is 3.32. The van der Waals surface area contributed by atoms with Crippen molar-refractivity contribution < 1.29 is 4.79 Å². The van der Waals surface area contributed by atoms with E-state index in [0.717, 1.165) is 50.2 Å². The van der Waals surface area contributed by atoms with Crippen LogP contribution in [0.2, 0.25) is 5.02 Å². The highest BCUT2D eigenvalue weighted by molar-refractivity contribution is 6.30. The van der Waals surface area contributed by atoms with Crippen molar-refractivity contribution in [1.82, 2.24) is 10.2 Å². The van der Waals surface area contributed by atoms with Gasteiger partial charge in [0.2, 0.25) is 0 Å². The molecule has 1 aromatic rings. The van der Waals surface area contributed by atoms with Crippen molar-refractivity contribution in [1.29, 1.82) is 0 Å². The van der Waals surface area contributed by atoms with Crippen molar-refractivity contribution in [2.75, 3.05) is 19.6 Å². The summed E-state index contributed by atoms with van der Waals surface area (Å²) >= 11 is 6.15. The average molecular weight is 358 g/mol. The van der Waals surface area contributed by atoms with Crippen LogP contribution in [0.5, 0.6) is 0 Å². The number of benzene rings is 1. The average Bonchev–Trinajstić information content (AvgIpc) is 2.55. The van der Waals surface area contributed by atoms with Gasteiger partial charge in [-0.1, -0.05) is 23.7 Å². The molecule has 0 aromatic heterocycles. The van der Waals surface area contributed by atoms with Crippen LogP contribution in [-0.4, -0.2) is 36.6 Å². The van der Waals surface area contributed by atoms with Gasteiger partial charge in [0, 0.05) is 36.1 Å². The molecule has 1 aliphatic heterocycles. The molecule has 2 amide bonds. The summed E-state index contributed by atoms with van der Waals surface area (Å²) in [5, 5.41) is 3.71. The topological polar surface area (TPSA) is 58.4 Å². The van der Waals surface area contributed by atoms with E-state index in [2.05, 4.69) is 11.4 Å². The van der Waals surface area contributed by atoms with Crippen molar-refractivity contribution in [2.24, 2.45) is 5.73 Å². The summed E-state index contributed by atoms with van der Waals surface area (Å²) in [6.45, 7) is 2.31. The summed E-state index contributed by atoms with van der Waals surface area (Å²) in [7, 11) is 0. The number of hydrogen-bond acceptors (Lipinski definition) is 2. The molecule has 0 unspecified atom stereocenters. The molecule has 0 atom stereocenters. The molecular formula is C17H25Cl2N3O. The smallest absolute Gasteiger partial charge is 0.317 e. The molecule has 2 fully saturated rings. The van der Waals surface area contributed by atoms with E-state index >= 15 is 0 Å². The first kappa shape index (κ1) is 18.4. The van der Waals surface area contributed by atoms with E-state index in [1.807, 2.05) is 23.1 Å². The molecule has 1 aliphatic carbocycles. The molecule has 3 rings (SSSR count). The largest absolute Gasteiger partial charge is 0.338 e. The Balaban J connectivity index is 0.00000192. The Bertz CT molecular complexity index is 544. The molecule has 1 heterocycles. The summed E-state index contributed by atoms with van der Waals surface area (Å²) in [6, 6.07) is 8.52. The number of nitrogens with one attached hydrogen (secondary N) is 1. The second-order valence-electron chi connectivity index (χ2n) is 6.50. The van der Waals surface area contributed by atoms with Gasteiger partial charge in [0.05, 0.1) is 0 Å². The molecular weight excluding hydrogens is 333 g/mol. The van der Waals surface area contributed by atoms with Gasteiger partial charge in [-0.25, -0.2) is 4.79 Å². The SMILES string of the molecule is Cl.NC[C@]1(c2cccc(Cl)c2)CC[C@H](N2CCCNC2=O)CC1. The molecule has 4 nitrogen and oxygen atoms in total. The van der Waals surface area contributed by atoms with Crippen LogP contribution >= 0.6 is 24.0 Å². The highest BCUT2D eigenvalue weighted by Gasteiger charge is 2.38. The fourth-order valence-corrected chi connectivity index (χ4v) is 4.08. The van der Waals surface area contributed by atoms with Gasteiger partial charge in [0.15, 0.2) is 0 Å². The van der Waals surface area contributed by atoms with Crippen molar-refractivity contribution >= 4 is 30.0 Å². The second kappa shape index (κ2) is 7.73. The molecule has 1 saturated heterocycles. The number of nitrogens with two attached hydrogens (primary N) is 1. The summed E-state index contributed by atoms with van der Waals surface area (Å²) in [6.07, 6.45) is 5.09. The monoisotopic (exact) mass is 357 g/mol. The molecule has 0 bridgehead atoms. The van der Waals surface area contributed by atoms with Gasteiger partial charge in [-0.3, -0.25) is 0 Å². The zero-order valence-corrected chi connectivity index (χ0v) is 14.8. The lowest BCUT2D eigenvalue weighted by Gasteiger charge is -2.44. The van der Waals surface area contributed by atoms with E-state index in [9.17, 15) is 4.79 Å². The quantitative estimate of drug-likeness (QED) is 0.871. The molecule has 0 radical (unpaired) electrons. The summed E-state index contributed by atoms with van der Waals surface area (Å²) in [5.41, 5.74) is 7.38. The van der Waals surface area contributed by atoms with E-state index in [0.29, 0.717) is 12.6 Å². The highest BCUT2D eigenvalue weighted by Crippen LogP contribution is 2.41. The van der Waals surface area contributed by atoms with Gasteiger partial charge in [0.25, 0.3) is 0 Å². The Morgan fingerprint density at radius 2 is 2.09 bits per heavy atom. The molecule has 1 saturated carbocycles.